The molecule has 0 fully saturated rings. The molecule has 1 heterocycles. The highest BCUT2D eigenvalue weighted by atomic mass is 79.9. The average molecular weight is 382 g/mol. The summed E-state index contributed by atoms with van der Waals surface area (Å²) in [5.74, 6) is -0.833. The van der Waals surface area contributed by atoms with Crippen molar-refractivity contribution in [1.82, 2.24) is 5.32 Å². The molecule has 0 aliphatic heterocycles. The fourth-order valence-corrected chi connectivity index (χ4v) is 2.34. The van der Waals surface area contributed by atoms with Gasteiger partial charge in [0, 0.05) is 11.6 Å². The van der Waals surface area contributed by atoms with Crippen LogP contribution in [0.4, 0.5) is 0 Å². The van der Waals surface area contributed by atoms with Gasteiger partial charge < -0.3 is 19.6 Å². The van der Waals surface area contributed by atoms with E-state index in [1.54, 1.807) is 30.3 Å². The maximum atomic E-state index is 12.2. The van der Waals surface area contributed by atoms with Crippen molar-refractivity contribution >= 4 is 27.8 Å². The van der Waals surface area contributed by atoms with Crippen LogP contribution in [0, 0.1) is 0 Å². The van der Waals surface area contributed by atoms with Crippen LogP contribution in [0.1, 0.15) is 34.3 Å². The van der Waals surface area contributed by atoms with Crippen LogP contribution in [0.15, 0.2) is 45.3 Å². The smallest absolute Gasteiger partial charge is 0.305 e. The molecule has 1 atom stereocenters. The van der Waals surface area contributed by atoms with Gasteiger partial charge in [-0.15, -0.1) is 0 Å². The lowest BCUT2D eigenvalue weighted by Gasteiger charge is -2.16. The summed E-state index contributed by atoms with van der Waals surface area (Å²) in [7, 11) is 1.53. The van der Waals surface area contributed by atoms with Gasteiger partial charge in [-0.1, -0.05) is 28.1 Å². The summed E-state index contributed by atoms with van der Waals surface area (Å²) in [6.07, 6.45) is -0.223. The van der Waals surface area contributed by atoms with Gasteiger partial charge in [-0.3, -0.25) is 9.59 Å². The Hall–Kier alpha value is -2.12. The zero-order chi connectivity index (χ0) is 16.8. The molecule has 1 aromatic heterocycles. The number of ether oxygens (including phenoxy) is 1. The molecule has 7 heteroatoms. The molecule has 0 spiro atoms. The van der Waals surface area contributed by atoms with Crippen molar-refractivity contribution in [3.8, 4) is 0 Å². The van der Waals surface area contributed by atoms with Crippen molar-refractivity contribution in [2.75, 3.05) is 7.11 Å². The third-order valence-electron chi connectivity index (χ3n) is 3.13. The van der Waals surface area contributed by atoms with Crippen LogP contribution in [0.25, 0.3) is 0 Å². The van der Waals surface area contributed by atoms with Gasteiger partial charge in [-0.2, -0.15) is 0 Å². The molecule has 0 bridgehead atoms. The Kier molecular flexibility index (Phi) is 5.95. The Bertz CT molecular complexity index is 680. The average Bonchev–Trinajstić information content (AvgIpc) is 2.96. The van der Waals surface area contributed by atoms with Crippen molar-refractivity contribution < 1.29 is 23.8 Å². The summed E-state index contributed by atoms with van der Waals surface area (Å²) in [5.41, 5.74) is 0.702. The molecule has 2 rings (SSSR count). The van der Waals surface area contributed by atoms with Gasteiger partial charge in [-0.05, 0) is 29.8 Å². The number of amides is 1. The van der Waals surface area contributed by atoms with Crippen molar-refractivity contribution in [2.24, 2.45) is 0 Å². The Labute approximate surface area is 141 Å². The predicted molar refractivity (Wildman–Crippen MR) is 86.0 cm³/mol. The first kappa shape index (κ1) is 17.2. The zero-order valence-electron chi connectivity index (χ0n) is 12.4. The van der Waals surface area contributed by atoms with Crippen molar-refractivity contribution in [3.63, 3.8) is 0 Å². The highest BCUT2D eigenvalue weighted by Gasteiger charge is 2.20. The Balaban J connectivity index is 2.14. The Morgan fingerprint density at radius 3 is 2.57 bits per heavy atom. The lowest BCUT2D eigenvalue weighted by molar-refractivity contribution is -0.137. The molecule has 122 valence electrons. The number of halogens is 1. The SMILES string of the molecule is COCc1ccc(C(=O)NC(CC(=O)O)c2ccc(Br)cc2)o1. The third-order valence-corrected chi connectivity index (χ3v) is 3.66. The highest BCUT2D eigenvalue weighted by Crippen LogP contribution is 2.21. The number of methoxy groups -OCH3 is 1. The topological polar surface area (TPSA) is 88.8 Å². The summed E-state index contributed by atoms with van der Waals surface area (Å²) < 4.78 is 11.2. The maximum Gasteiger partial charge on any atom is 0.305 e. The number of carboxylic acids is 1. The van der Waals surface area contributed by atoms with Crippen LogP contribution in [-0.4, -0.2) is 24.1 Å². The second kappa shape index (κ2) is 7.94. The van der Waals surface area contributed by atoms with Gasteiger partial charge in [0.1, 0.15) is 12.4 Å². The summed E-state index contributed by atoms with van der Waals surface area (Å²) in [6.45, 7) is 0.262. The lowest BCUT2D eigenvalue weighted by Crippen LogP contribution is -2.29. The van der Waals surface area contributed by atoms with Gasteiger partial charge in [0.05, 0.1) is 12.5 Å². The van der Waals surface area contributed by atoms with Gasteiger partial charge in [0.2, 0.25) is 0 Å². The van der Waals surface area contributed by atoms with E-state index < -0.39 is 17.9 Å². The number of carbonyl (C=O) groups is 2. The van der Waals surface area contributed by atoms with E-state index in [1.165, 1.54) is 13.2 Å². The number of furan rings is 1. The highest BCUT2D eigenvalue weighted by molar-refractivity contribution is 9.10. The van der Waals surface area contributed by atoms with E-state index in [4.69, 9.17) is 14.3 Å². The summed E-state index contributed by atoms with van der Waals surface area (Å²) in [6, 6.07) is 9.63. The molecule has 23 heavy (non-hydrogen) atoms. The third kappa shape index (κ3) is 4.94. The molecule has 1 aromatic carbocycles. The quantitative estimate of drug-likeness (QED) is 0.768. The minimum absolute atomic E-state index is 0.115. The van der Waals surface area contributed by atoms with Crippen molar-refractivity contribution in [2.45, 2.75) is 19.1 Å². The van der Waals surface area contributed by atoms with E-state index in [0.29, 0.717) is 11.3 Å². The molecule has 0 aliphatic rings. The first-order valence-corrected chi connectivity index (χ1v) is 7.64. The monoisotopic (exact) mass is 381 g/mol. The van der Waals surface area contributed by atoms with Crippen LogP contribution < -0.4 is 5.32 Å². The molecular formula is C16H16BrNO5. The number of benzene rings is 1. The molecule has 2 N–H and O–H groups in total. The second-order valence-electron chi connectivity index (χ2n) is 4.87. The van der Waals surface area contributed by atoms with Crippen LogP contribution in [0.5, 0.6) is 0 Å². The first-order chi connectivity index (χ1) is 11.0. The van der Waals surface area contributed by atoms with E-state index >= 15 is 0 Å². The number of hydrogen-bond donors (Lipinski definition) is 2. The number of carboxylic acid groups (broad SMARTS) is 1. The van der Waals surface area contributed by atoms with Crippen LogP contribution in [-0.2, 0) is 16.1 Å². The number of nitrogens with one attached hydrogen (secondary N) is 1. The van der Waals surface area contributed by atoms with E-state index in [-0.39, 0.29) is 18.8 Å². The second-order valence-corrected chi connectivity index (χ2v) is 5.79. The largest absolute Gasteiger partial charge is 0.481 e. The number of rotatable bonds is 7. The Morgan fingerprint density at radius 1 is 1.26 bits per heavy atom. The van der Waals surface area contributed by atoms with Gasteiger partial charge in [-0.25, -0.2) is 0 Å². The minimum atomic E-state index is -1.00. The molecule has 0 saturated heterocycles. The van der Waals surface area contributed by atoms with E-state index in [9.17, 15) is 9.59 Å². The van der Waals surface area contributed by atoms with Gasteiger partial charge >= 0.3 is 5.97 Å². The molecule has 0 radical (unpaired) electrons. The molecule has 1 amide bonds. The van der Waals surface area contributed by atoms with Crippen molar-refractivity contribution in [3.05, 3.63) is 58.0 Å². The molecule has 1 unspecified atom stereocenters. The number of hydrogen-bond acceptors (Lipinski definition) is 4. The maximum absolute atomic E-state index is 12.2. The summed E-state index contributed by atoms with van der Waals surface area (Å²) in [5, 5.41) is 11.7. The molecule has 0 aliphatic carbocycles. The molecule has 0 saturated carbocycles. The Morgan fingerprint density at radius 2 is 1.96 bits per heavy atom. The molecule has 2 aromatic rings. The van der Waals surface area contributed by atoms with Crippen LogP contribution in [0.3, 0.4) is 0 Å². The number of carbonyl (C=O) groups excluding carboxylic acids is 1. The van der Waals surface area contributed by atoms with E-state index in [2.05, 4.69) is 21.2 Å². The van der Waals surface area contributed by atoms with E-state index in [0.717, 1.165) is 4.47 Å². The van der Waals surface area contributed by atoms with E-state index in [1.807, 2.05) is 0 Å². The van der Waals surface area contributed by atoms with Crippen LogP contribution >= 0.6 is 15.9 Å². The zero-order valence-corrected chi connectivity index (χ0v) is 14.0. The van der Waals surface area contributed by atoms with Gasteiger partial charge in [0.25, 0.3) is 5.91 Å². The number of aliphatic carboxylic acids is 1. The van der Waals surface area contributed by atoms with Crippen LogP contribution in [0.2, 0.25) is 0 Å². The first-order valence-electron chi connectivity index (χ1n) is 6.85. The fraction of sp³-hybridized carbons (Fsp3) is 0.250. The molecule has 6 nitrogen and oxygen atoms in total. The lowest BCUT2D eigenvalue weighted by atomic mass is 10.0. The summed E-state index contributed by atoms with van der Waals surface area (Å²) >= 11 is 3.32. The fourth-order valence-electron chi connectivity index (χ4n) is 2.07. The standard InChI is InChI=1S/C16H16BrNO5/c1-22-9-12-6-7-14(23-12)16(21)18-13(8-15(19)20)10-2-4-11(17)5-3-10/h2-7,13H,8-9H2,1H3,(H,18,21)(H,19,20). The summed E-state index contributed by atoms with van der Waals surface area (Å²) in [4.78, 5) is 23.3. The molecular weight excluding hydrogens is 366 g/mol. The minimum Gasteiger partial charge on any atom is -0.481 e. The van der Waals surface area contributed by atoms with Gasteiger partial charge in [0.15, 0.2) is 5.76 Å². The predicted octanol–water partition coefficient (Wildman–Crippen LogP) is 3.13. The van der Waals surface area contributed by atoms with Crippen molar-refractivity contribution in [1.29, 1.82) is 0 Å². The normalized spacial score (nSPS) is 11.9.